The molecular formula is C17H20BrN3O2. The van der Waals surface area contributed by atoms with Crippen molar-refractivity contribution in [3.05, 3.63) is 34.3 Å². The van der Waals surface area contributed by atoms with E-state index in [2.05, 4.69) is 21.2 Å². The van der Waals surface area contributed by atoms with E-state index in [1.54, 1.807) is 4.90 Å². The SMILES string of the molecule is N#CCC(=O)N1CCC(CNC(=O)Cc2ccc(Br)cc2)CC1. The van der Waals surface area contributed by atoms with Gasteiger partial charge in [0.15, 0.2) is 0 Å². The van der Waals surface area contributed by atoms with E-state index in [0.717, 1.165) is 22.9 Å². The molecule has 1 aliphatic heterocycles. The maximum Gasteiger partial charge on any atom is 0.236 e. The third-order valence-corrected chi connectivity index (χ3v) is 4.59. The van der Waals surface area contributed by atoms with Crippen LogP contribution in [-0.4, -0.2) is 36.3 Å². The minimum Gasteiger partial charge on any atom is -0.356 e. The van der Waals surface area contributed by atoms with Gasteiger partial charge < -0.3 is 10.2 Å². The maximum atomic E-state index is 12.0. The summed E-state index contributed by atoms with van der Waals surface area (Å²) in [4.78, 5) is 25.3. The number of carbonyl (C=O) groups is 2. The van der Waals surface area contributed by atoms with Crippen LogP contribution in [0.2, 0.25) is 0 Å². The smallest absolute Gasteiger partial charge is 0.236 e. The first-order valence-corrected chi connectivity index (χ1v) is 8.53. The van der Waals surface area contributed by atoms with Crippen molar-refractivity contribution >= 4 is 27.7 Å². The Labute approximate surface area is 144 Å². The fraction of sp³-hybridized carbons (Fsp3) is 0.471. The van der Waals surface area contributed by atoms with E-state index in [-0.39, 0.29) is 18.2 Å². The second-order valence-corrected chi connectivity index (χ2v) is 6.68. The van der Waals surface area contributed by atoms with Crippen molar-refractivity contribution in [2.45, 2.75) is 25.7 Å². The van der Waals surface area contributed by atoms with Crippen molar-refractivity contribution in [3.8, 4) is 6.07 Å². The molecule has 0 bridgehead atoms. The molecule has 23 heavy (non-hydrogen) atoms. The molecule has 0 aliphatic carbocycles. The number of amides is 2. The second kappa shape index (κ2) is 8.68. The van der Waals surface area contributed by atoms with Gasteiger partial charge >= 0.3 is 0 Å². The Morgan fingerprint density at radius 3 is 2.52 bits per heavy atom. The molecule has 0 spiro atoms. The summed E-state index contributed by atoms with van der Waals surface area (Å²) in [6.07, 6.45) is 2.08. The Hall–Kier alpha value is -1.87. The van der Waals surface area contributed by atoms with Crippen molar-refractivity contribution in [1.82, 2.24) is 10.2 Å². The van der Waals surface area contributed by atoms with E-state index in [4.69, 9.17) is 5.26 Å². The van der Waals surface area contributed by atoms with Gasteiger partial charge in [-0.25, -0.2) is 0 Å². The van der Waals surface area contributed by atoms with E-state index in [9.17, 15) is 9.59 Å². The zero-order valence-corrected chi connectivity index (χ0v) is 14.5. The number of halogens is 1. The molecule has 0 unspecified atom stereocenters. The summed E-state index contributed by atoms with van der Waals surface area (Å²) in [5.41, 5.74) is 0.989. The number of benzene rings is 1. The molecule has 1 fully saturated rings. The highest BCUT2D eigenvalue weighted by molar-refractivity contribution is 9.10. The molecule has 0 aromatic heterocycles. The largest absolute Gasteiger partial charge is 0.356 e. The van der Waals surface area contributed by atoms with Crippen LogP contribution in [-0.2, 0) is 16.0 Å². The van der Waals surface area contributed by atoms with Crippen molar-refractivity contribution in [3.63, 3.8) is 0 Å². The van der Waals surface area contributed by atoms with Gasteiger partial charge in [0.25, 0.3) is 0 Å². The van der Waals surface area contributed by atoms with Crippen LogP contribution in [0.15, 0.2) is 28.7 Å². The average Bonchev–Trinajstić information content (AvgIpc) is 2.56. The number of hydrogen-bond acceptors (Lipinski definition) is 3. The normalized spacial score (nSPS) is 15.0. The van der Waals surface area contributed by atoms with Crippen LogP contribution in [0.4, 0.5) is 0 Å². The van der Waals surface area contributed by atoms with Gasteiger partial charge in [0.1, 0.15) is 6.42 Å². The summed E-state index contributed by atoms with van der Waals surface area (Å²) in [6, 6.07) is 9.61. The van der Waals surface area contributed by atoms with Gasteiger partial charge in [-0.05, 0) is 36.5 Å². The van der Waals surface area contributed by atoms with E-state index in [1.807, 2.05) is 30.3 Å². The second-order valence-electron chi connectivity index (χ2n) is 5.77. The molecule has 6 heteroatoms. The molecule has 0 saturated carbocycles. The number of rotatable bonds is 5. The van der Waals surface area contributed by atoms with Crippen LogP contribution in [0.1, 0.15) is 24.8 Å². The topological polar surface area (TPSA) is 73.2 Å². The third-order valence-electron chi connectivity index (χ3n) is 4.06. The maximum absolute atomic E-state index is 12.0. The predicted molar refractivity (Wildman–Crippen MR) is 90.4 cm³/mol. The first-order valence-electron chi connectivity index (χ1n) is 7.74. The molecule has 0 atom stereocenters. The van der Waals surface area contributed by atoms with Crippen LogP contribution in [0, 0.1) is 17.2 Å². The third kappa shape index (κ3) is 5.68. The van der Waals surface area contributed by atoms with Gasteiger partial charge in [0.2, 0.25) is 11.8 Å². The van der Waals surface area contributed by atoms with Gasteiger partial charge in [-0.1, -0.05) is 28.1 Å². The molecule has 1 saturated heterocycles. The molecule has 1 N–H and O–H groups in total. The van der Waals surface area contributed by atoms with Crippen molar-refractivity contribution in [2.75, 3.05) is 19.6 Å². The molecule has 1 aromatic rings. The zero-order chi connectivity index (χ0) is 16.7. The summed E-state index contributed by atoms with van der Waals surface area (Å²) >= 11 is 3.37. The van der Waals surface area contributed by atoms with Crippen LogP contribution < -0.4 is 5.32 Å². The predicted octanol–water partition coefficient (Wildman–Crippen LogP) is 2.26. The molecule has 1 aliphatic rings. The highest BCUT2D eigenvalue weighted by Gasteiger charge is 2.22. The standard InChI is InChI=1S/C17H20BrN3O2/c18-15-3-1-13(2-4-15)11-16(22)20-12-14-6-9-21(10-7-14)17(23)5-8-19/h1-4,14H,5-7,9-12H2,(H,20,22). The minimum atomic E-state index is -0.0924. The fourth-order valence-corrected chi connectivity index (χ4v) is 2.94. The highest BCUT2D eigenvalue weighted by atomic mass is 79.9. The Bertz CT molecular complexity index is 587. The number of nitriles is 1. The van der Waals surface area contributed by atoms with Crippen LogP contribution in [0.25, 0.3) is 0 Å². The first kappa shape index (κ1) is 17.5. The lowest BCUT2D eigenvalue weighted by Gasteiger charge is -2.31. The molecule has 1 aromatic carbocycles. The monoisotopic (exact) mass is 377 g/mol. The summed E-state index contributed by atoms with van der Waals surface area (Å²) in [7, 11) is 0. The van der Waals surface area contributed by atoms with Crippen LogP contribution in [0.5, 0.6) is 0 Å². The fourth-order valence-electron chi connectivity index (χ4n) is 2.67. The molecule has 2 rings (SSSR count). The summed E-state index contributed by atoms with van der Waals surface area (Å²) in [6.45, 7) is 2.00. The molecule has 2 amide bonds. The highest BCUT2D eigenvalue weighted by Crippen LogP contribution is 2.17. The number of nitrogens with zero attached hydrogens (tertiary/aromatic N) is 2. The van der Waals surface area contributed by atoms with E-state index < -0.39 is 0 Å². The Morgan fingerprint density at radius 2 is 1.91 bits per heavy atom. The Morgan fingerprint density at radius 1 is 1.26 bits per heavy atom. The van der Waals surface area contributed by atoms with Gasteiger partial charge in [0, 0.05) is 24.1 Å². The van der Waals surface area contributed by atoms with Gasteiger partial charge in [-0.2, -0.15) is 5.26 Å². The Balaban J connectivity index is 1.69. The van der Waals surface area contributed by atoms with Gasteiger partial charge in [-0.15, -0.1) is 0 Å². The molecule has 5 nitrogen and oxygen atoms in total. The first-order chi connectivity index (χ1) is 11.1. The molecular weight excluding hydrogens is 358 g/mol. The number of nitrogens with one attached hydrogen (secondary N) is 1. The van der Waals surface area contributed by atoms with E-state index in [0.29, 0.717) is 32.0 Å². The summed E-state index contributed by atoms with van der Waals surface area (Å²) < 4.78 is 0.999. The van der Waals surface area contributed by atoms with Crippen molar-refractivity contribution in [1.29, 1.82) is 5.26 Å². The van der Waals surface area contributed by atoms with E-state index >= 15 is 0 Å². The van der Waals surface area contributed by atoms with Gasteiger partial charge in [0.05, 0.1) is 12.5 Å². The number of likely N-dealkylation sites (tertiary alicyclic amines) is 1. The summed E-state index contributed by atoms with van der Waals surface area (Å²) in [5.74, 6) is 0.329. The molecule has 1 heterocycles. The van der Waals surface area contributed by atoms with Crippen molar-refractivity contribution in [2.24, 2.45) is 5.92 Å². The Kier molecular flexibility index (Phi) is 6.60. The van der Waals surface area contributed by atoms with Crippen LogP contribution >= 0.6 is 15.9 Å². The molecule has 122 valence electrons. The van der Waals surface area contributed by atoms with Gasteiger partial charge in [-0.3, -0.25) is 9.59 Å². The number of hydrogen-bond donors (Lipinski definition) is 1. The summed E-state index contributed by atoms with van der Waals surface area (Å²) in [5, 5.41) is 11.5. The number of carbonyl (C=O) groups excluding carboxylic acids is 2. The zero-order valence-electron chi connectivity index (χ0n) is 12.9. The lowest BCUT2D eigenvalue weighted by atomic mass is 9.96. The average molecular weight is 378 g/mol. The lowest BCUT2D eigenvalue weighted by Crippen LogP contribution is -2.41. The van der Waals surface area contributed by atoms with Crippen LogP contribution in [0.3, 0.4) is 0 Å². The number of piperidine rings is 1. The lowest BCUT2D eigenvalue weighted by molar-refractivity contribution is -0.131. The minimum absolute atomic E-state index is 0.0234. The van der Waals surface area contributed by atoms with Crippen molar-refractivity contribution < 1.29 is 9.59 Å². The quantitative estimate of drug-likeness (QED) is 0.854. The molecule has 0 radical (unpaired) electrons. The van der Waals surface area contributed by atoms with E-state index in [1.165, 1.54) is 0 Å².